The van der Waals surface area contributed by atoms with Crippen LogP contribution in [0.4, 0.5) is 30.0 Å². The minimum absolute atomic E-state index is 0.215. The number of amides is 2. The molecule has 0 radical (unpaired) electrons. The van der Waals surface area contributed by atoms with Gasteiger partial charge in [-0.05, 0) is 134 Å². The number of aromatic nitrogens is 10. The van der Waals surface area contributed by atoms with Gasteiger partial charge in [0.25, 0.3) is 0 Å². The van der Waals surface area contributed by atoms with Gasteiger partial charge in [0.15, 0.2) is 12.1 Å². The van der Waals surface area contributed by atoms with Gasteiger partial charge >= 0.3 is 24.1 Å². The van der Waals surface area contributed by atoms with Crippen LogP contribution in [-0.4, -0.2) is 158 Å². The molecule has 2 atom stereocenters. The zero-order valence-electron chi connectivity index (χ0n) is 48.2. The van der Waals surface area contributed by atoms with Gasteiger partial charge < -0.3 is 48.1 Å². The van der Waals surface area contributed by atoms with Gasteiger partial charge in [-0.15, -0.1) is 0 Å². The number of carbonyl (C=O) groups is 4. The van der Waals surface area contributed by atoms with E-state index >= 15 is 8.78 Å². The van der Waals surface area contributed by atoms with Gasteiger partial charge in [0.1, 0.15) is 34.5 Å². The summed E-state index contributed by atoms with van der Waals surface area (Å²) in [6.45, 7) is 19.4. The number of ether oxygens (including phenoxy) is 3. The van der Waals surface area contributed by atoms with Crippen molar-refractivity contribution in [3.8, 4) is 22.3 Å². The van der Waals surface area contributed by atoms with Crippen LogP contribution in [0.5, 0.6) is 0 Å². The van der Waals surface area contributed by atoms with Crippen molar-refractivity contribution < 1.29 is 47.3 Å². The number of halogens is 2. The molecule has 2 aromatic carbocycles. The van der Waals surface area contributed by atoms with Crippen LogP contribution in [0, 0.1) is 11.6 Å². The number of fused-ring (bicyclic) bond motifs is 4. The van der Waals surface area contributed by atoms with Crippen LogP contribution in [0.3, 0.4) is 0 Å². The first kappa shape index (κ1) is 56.9. The Morgan fingerprint density at radius 3 is 1.39 bits per heavy atom. The Morgan fingerprint density at radius 1 is 0.571 bits per heavy atom. The van der Waals surface area contributed by atoms with Crippen molar-refractivity contribution in [3.63, 3.8) is 0 Å². The second-order valence-corrected chi connectivity index (χ2v) is 23.4. The Balaban J connectivity index is 0.000000176. The maximum atomic E-state index is 15.4. The number of nitrogens with zero attached hydrogens (tertiary/aromatic N) is 14. The molecule has 0 saturated carbocycles. The lowest BCUT2D eigenvalue weighted by Gasteiger charge is -2.36. The Hall–Kier alpha value is -8.96. The Labute approximate surface area is 483 Å². The van der Waals surface area contributed by atoms with Crippen LogP contribution in [0.1, 0.15) is 96.2 Å². The maximum Gasteiger partial charge on any atom is 0.410 e. The largest absolute Gasteiger partial charge is 0.479 e. The highest BCUT2D eigenvalue weighted by molar-refractivity contribution is 5.87. The van der Waals surface area contributed by atoms with E-state index in [0.29, 0.717) is 96.9 Å². The van der Waals surface area contributed by atoms with E-state index in [-0.39, 0.29) is 24.2 Å². The van der Waals surface area contributed by atoms with Gasteiger partial charge in [0.2, 0.25) is 0 Å². The number of pyridine rings is 2. The lowest BCUT2D eigenvalue weighted by molar-refractivity contribution is -0.146. The number of anilines is 2. The van der Waals surface area contributed by atoms with Crippen molar-refractivity contribution >= 4 is 57.6 Å². The summed E-state index contributed by atoms with van der Waals surface area (Å²) >= 11 is 0. The van der Waals surface area contributed by atoms with E-state index in [1.165, 1.54) is 27.7 Å². The minimum atomic E-state index is -1.14. The third-order valence-electron chi connectivity index (χ3n) is 15.2. The van der Waals surface area contributed by atoms with Crippen molar-refractivity contribution in [2.24, 2.45) is 0 Å². The molecular formula is C60H68F2N14O8. The number of rotatable bonds is 11. The number of carboxylic acid groups (broad SMARTS) is 1. The average molecular weight is 1150 g/mol. The molecule has 6 aromatic heterocycles. The topological polar surface area (TPSA) is 226 Å². The molecule has 0 spiro atoms. The fourth-order valence-electron chi connectivity index (χ4n) is 11.2. The summed E-state index contributed by atoms with van der Waals surface area (Å²) in [4.78, 5) is 75.8. The molecule has 2 unspecified atom stereocenters. The number of hydrogen-bond acceptors (Lipinski definition) is 15. The fourth-order valence-corrected chi connectivity index (χ4v) is 11.2. The summed E-state index contributed by atoms with van der Waals surface area (Å²) in [5.74, 6) is -0.970. The van der Waals surface area contributed by atoms with Crippen LogP contribution in [0.15, 0.2) is 86.0 Å². The minimum Gasteiger partial charge on any atom is -0.479 e. The first-order valence-corrected chi connectivity index (χ1v) is 28.4. The summed E-state index contributed by atoms with van der Waals surface area (Å²) in [5, 5.41) is 19.7. The molecule has 4 aliphatic heterocycles. The maximum absolute atomic E-state index is 15.4. The summed E-state index contributed by atoms with van der Waals surface area (Å²) < 4.78 is 53.8. The molecule has 440 valence electrons. The summed E-state index contributed by atoms with van der Waals surface area (Å²) in [6, 6.07) is 11.9. The van der Waals surface area contributed by atoms with Crippen LogP contribution in [-0.2, 0) is 49.7 Å². The molecule has 12 rings (SSSR count). The molecule has 1 N–H and O–H groups in total. The quantitative estimate of drug-likeness (QED) is 0.0944. The number of aryl methyl sites for hydroxylation is 2. The molecule has 22 nitrogen and oxygen atoms in total. The van der Waals surface area contributed by atoms with E-state index in [1.807, 2.05) is 74.9 Å². The van der Waals surface area contributed by atoms with E-state index < -0.39 is 46.9 Å². The molecule has 84 heavy (non-hydrogen) atoms. The van der Waals surface area contributed by atoms with E-state index in [9.17, 15) is 24.3 Å². The number of carbonyl (C=O) groups excluding carboxylic acids is 3. The fraction of sp³-hybridized carbons (Fsp3) is 0.433. The molecule has 2 saturated heterocycles. The second kappa shape index (κ2) is 23.0. The summed E-state index contributed by atoms with van der Waals surface area (Å²) in [7, 11) is 0. The van der Waals surface area contributed by atoms with Crippen molar-refractivity contribution in [2.75, 3.05) is 68.8 Å². The number of piperazine rings is 2. The molecule has 10 heterocycles. The Kier molecular flexibility index (Phi) is 15.6. The van der Waals surface area contributed by atoms with Gasteiger partial charge in [-0.1, -0.05) is 0 Å². The molecule has 8 aromatic rings. The Bertz CT molecular complexity index is 3750. The van der Waals surface area contributed by atoms with E-state index in [1.54, 1.807) is 60.1 Å². The zero-order valence-corrected chi connectivity index (χ0v) is 48.2. The highest BCUT2D eigenvalue weighted by atomic mass is 19.1. The van der Waals surface area contributed by atoms with Crippen molar-refractivity contribution in [3.05, 3.63) is 120 Å². The lowest BCUT2D eigenvalue weighted by atomic mass is 10.1. The summed E-state index contributed by atoms with van der Waals surface area (Å²) in [6.07, 6.45) is 12.6. The molecule has 0 bridgehead atoms. The number of benzene rings is 2. The smallest absolute Gasteiger partial charge is 0.410 e. The van der Waals surface area contributed by atoms with Crippen LogP contribution >= 0.6 is 0 Å². The zero-order chi connectivity index (χ0) is 59.2. The first-order valence-electron chi connectivity index (χ1n) is 28.4. The van der Waals surface area contributed by atoms with E-state index in [4.69, 9.17) is 14.2 Å². The van der Waals surface area contributed by atoms with Crippen molar-refractivity contribution in [2.45, 2.75) is 111 Å². The van der Waals surface area contributed by atoms with Crippen LogP contribution in [0.2, 0.25) is 0 Å². The van der Waals surface area contributed by atoms with Gasteiger partial charge in [0, 0.05) is 113 Å². The molecule has 24 heteroatoms. The number of aliphatic carboxylic acids is 1. The van der Waals surface area contributed by atoms with Crippen LogP contribution in [0.25, 0.3) is 44.1 Å². The highest BCUT2D eigenvalue weighted by Crippen LogP contribution is 2.34. The van der Waals surface area contributed by atoms with E-state index in [2.05, 4.69) is 39.9 Å². The van der Waals surface area contributed by atoms with Gasteiger partial charge in [-0.2, -0.15) is 10.2 Å². The molecule has 2 amide bonds. The number of imidazole rings is 2. The number of hydrogen-bond donors (Lipinski definition) is 1. The average Bonchev–Trinajstić information content (AvgIpc) is 2.82. The molecule has 4 aliphatic rings. The third-order valence-corrected chi connectivity index (χ3v) is 15.2. The Morgan fingerprint density at radius 2 is 1.00 bits per heavy atom. The monoisotopic (exact) mass is 1150 g/mol. The molecular weight excluding hydrogens is 1080 g/mol. The normalized spacial score (nSPS) is 16.1. The SMILES string of the molecule is CC(C)(C)OC(=O)N1CCN(c2ccc(-c3cc(F)c4cn(C(C(=O)O)c5ncn6c5CCC6)nc4c3)cn2)CC1.CCOC(=O)C(c1ncn2c1CCC2)n1cc2c(F)cc(-c3ccc(N4CCN(C(=O)OC(C)(C)C)CC4)nc3)cc2n1. The highest BCUT2D eigenvalue weighted by Gasteiger charge is 2.35. The standard InChI is InChI=1S/C31H36FN7O4.C29H32FN7O4/c1-5-42-29(40)28(27-25-7-6-10-38(25)19-34-27)39-18-22-23(32)15-21(16-24(22)35-39)20-8-9-26(33-17-20)36-11-13-37(14-12-36)30(41)43-31(2,3)4;1-29(2,3)41-28(40)35-11-9-34(10-12-35)24-7-6-18(15-31-24)19-13-21(30)20-16-37(33-22(20)14-19)26(27(38)39)25-23-5-4-8-36(23)17-32-25/h8-9,15-19,28H,5-7,10-14H2,1-4H3;6-7,13-17,26H,4-5,8-12H2,1-3H3,(H,38,39). The third kappa shape index (κ3) is 12.0. The predicted molar refractivity (Wildman–Crippen MR) is 308 cm³/mol. The van der Waals surface area contributed by atoms with Gasteiger partial charge in [-0.3, -0.25) is 9.36 Å². The van der Waals surface area contributed by atoms with Crippen molar-refractivity contribution in [1.82, 2.24) is 58.4 Å². The van der Waals surface area contributed by atoms with E-state index in [0.717, 1.165) is 67.4 Å². The second-order valence-electron chi connectivity index (χ2n) is 23.4. The van der Waals surface area contributed by atoms with Crippen molar-refractivity contribution in [1.29, 1.82) is 0 Å². The predicted octanol–water partition coefficient (Wildman–Crippen LogP) is 8.70. The van der Waals surface area contributed by atoms with Crippen LogP contribution < -0.4 is 9.80 Å². The van der Waals surface area contributed by atoms with Gasteiger partial charge in [0.05, 0.1) is 52.5 Å². The lowest BCUT2D eigenvalue weighted by Crippen LogP contribution is -2.50. The number of esters is 1. The molecule has 0 aliphatic carbocycles. The first-order chi connectivity index (χ1) is 40.2. The molecule has 2 fully saturated rings. The summed E-state index contributed by atoms with van der Waals surface area (Å²) in [5.41, 5.74) is 5.26. The van der Waals surface area contributed by atoms with Gasteiger partial charge in [-0.25, -0.2) is 47.9 Å². The number of carboxylic acids is 1.